The van der Waals surface area contributed by atoms with Crippen molar-refractivity contribution < 1.29 is 18.3 Å². The molecule has 0 bridgehead atoms. The monoisotopic (exact) mass is 455 g/mol. The molecule has 1 aliphatic carbocycles. The first kappa shape index (κ1) is 21.4. The summed E-state index contributed by atoms with van der Waals surface area (Å²) in [5.74, 6) is -1.76. The minimum absolute atomic E-state index is 0.0181. The summed E-state index contributed by atoms with van der Waals surface area (Å²) in [6.07, 6.45) is 1.56. The van der Waals surface area contributed by atoms with Crippen LogP contribution in [-0.2, 0) is 6.54 Å². The van der Waals surface area contributed by atoms with Gasteiger partial charge in [-0.2, -0.15) is 4.39 Å². The van der Waals surface area contributed by atoms with E-state index in [2.05, 4.69) is 20.3 Å². The quantitative estimate of drug-likeness (QED) is 0.554. The van der Waals surface area contributed by atoms with Gasteiger partial charge in [0.05, 0.1) is 5.52 Å². The van der Waals surface area contributed by atoms with Gasteiger partial charge in [-0.3, -0.25) is 14.5 Å². The number of fused-ring (bicyclic) bond motifs is 1. The third-order valence-electron chi connectivity index (χ3n) is 6.20. The van der Waals surface area contributed by atoms with Crippen LogP contribution >= 0.6 is 0 Å². The van der Waals surface area contributed by atoms with Crippen LogP contribution in [-0.4, -0.2) is 50.5 Å². The Morgan fingerprint density at radius 1 is 1.24 bits per heavy atom. The highest BCUT2D eigenvalue weighted by molar-refractivity contribution is 5.92. The molecule has 0 radical (unpaired) electrons. The molecule has 2 unspecified atom stereocenters. The number of amides is 1. The van der Waals surface area contributed by atoms with Crippen LogP contribution in [0, 0.1) is 18.7 Å². The molecule has 2 N–H and O–H groups in total. The van der Waals surface area contributed by atoms with Crippen LogP contribution in [0.3, 0.4) is 0 Å². The number of benzene rings is 1. The normalized spacial score (nSPS) is 20.5. The number of hydrogen-bond acceptors (Lipinski definition) is 6. The molecule has 1 saturated carbocycles. The largest absolute Gasteiger partial charge is 0.483 e. The lowest BCUT2D eigenvalue weighted by Crippen LogP contribution is -2.60. The molecule has 0 spiro atoms. The minimum Gasteiger partial charge on any atom is -0.483 e. The first-order valence-electron chi connectivity index (χ1n) is 10.9. The van der Waals surface area contributed by atoms with Crippen molar-refractivity contribution in [1.82, 2.24) is 25.2 Å². The first-order chi connectivity index (χ1) is 15.8. The molecule has 3 aromatic rings. The highest BCUT2D eigenvalue weighted by Gasteiger charge is 2.38. The summed E-state index contributed by atoms with van der Waals surface area (Å²) in [5.41, 5.74) is 0.782. The van der Waals surface area contributed by atoms with Gasteiger partial charge in [0.25, 0.3) is 17.4 Å². The number of nitrogens with zero attached hydrogens (tertiary/aromatic N) is 3. The van der Waals surface area contributed by atoms with E-state index in [9.17, 15) is 18.4 Å². The molecule has 10 heteroatoms. The fraction of sp³-hybridized carbons (Fsp3) is 0.391. The minimum atomic E-state index is -0.837. The van der Waals surface area contributed by atoms with Gasteiger partial charge in [0.15, 0.2) is 11.6 Å². The lowest BCUT2D eigenvalue weighted by molar-refractivity contribution is -0.0437. The summed E-state index contributed by atoms with van der Waals surface area (Å²) < 4.78 is 35.1. The van der Waals surface area contributed by atoms with E-state index in [0.29, 0.717) is 24.2 Å². The standard InChI is InChI=1S/C23H23F2N5O3/c1-11-22(31)29-20-15(26-11)6-3-13(19(20)24)9-30-10-18(12(30)2)33-17-8-7-16(28-21(17)25)23(32)27-14-4-5-14/h3,6-8,12,14,18H,4-5,9-10H2,1-2H3,(H,27,32)(H,29,31). The van der Waals surface area contributed by atoms with Gasteiger partial charge in [-0.1, -0.05) is 6.07 Å². The molecule has 1 amide bonds. The number of nitrogens with one attached hydrogen (secondary N) is 2. The van der Waals surface area contributed by atoms with Gasteiger partial charge in [-0.15, -0.1) is 0 Å². The average Bonchev–Trinajstić information content (AvgIpc) is 3.60. The Bertz CT molecular complexity index is 1310. The zero-order valence-corrected chi connectivity index (χ0v) is 18.2. The predicted octanol–water partition coefficient (Wildman–Crippen LogP) is 2.45. The number of likely N-dealkylation sites (tertiary alicyclic amines) is 1. The highest BCUT2D eigenvalue weighted by Crippen LogP contribution is 2.28. The molecule has 3 heterocycles. The summed E-state index contributed by atoms with van der Waals surface area (Å²) in [6.45, 7) is 4.24. The molecule has 5 rings (SSSR count). The van der Waals surface area contributed by atoms with Crippen LogP contribution in [0.2, 0.25) is 0 Å². The maximum absolute atomic E-state index is 15.0. The number of aryl methyl sites for hydroxylation is 1. The Kier molecular flexibility index (Phi) is 5.32. The third kappa shape index (κ3) is 4.18. The van der Waals surface area contributed by atoms with Gasteiger partial charge in [0.1, 0.15) is 23.0 Å². The Hall–Kier alpha value is -3.40. The van der Waals surface area contributed by atoms with Gasteiger partial charge in [-0.05, 0) is 44.9 Å². The topological polar surface area (TPSA) is 100 Å². The molecule has 8 nitrogen and oxygen atoms in total. The van der Waals surface area contributed by atoms with Crippen molar-refractivity contribution in [2.75, 3.05) is 6.54 Å². The van der Waals surface area contributed by atoms with Crippen molar-refractivity contribution in [3.63, 3.8) is 0 Å². The van der Waals surface area contributed by atoms with Crippen molar-refractivity contribution in [1.29, 1.82) is 0 Å². The maximum atomic E-state index is 15.0. The second-order valence-electron chi connectivity index (χ2n) is 8.64. The molecule has 1 saturated heterocycles. The number of hydrogen-bond donors (Lipinski definition) is 2. The van der Waals surface area contributed by atoms with Crippen LogP contribution in [0.5, 0.6) is 5.75 Å². The molecule has 2 atom stereocenters. The van der Waals surface area contributed by atoms with Gasteiger partial charge < -0.3 is 15.0 Å². The third-order valence-corrected chi connectivity index (χ3v) is 6.20. The summed E-state index contributed by atoms with van der Waals surface area (Å²) in [7, 11) is 0. The van der Waals surface area contributed by atoms with Crippen LogP contribution < -0.4 is 15.6 Å². The maximum Gasteiger partial charge on any atom is 0.270 e. The van der Waals surface area contributed by atoms with Crippen molar-refractivity contribution in [2.24, 2.45) is 0 Å². The number of carbonyl (C=O) groups excluding carboxylic acids is 1. The van der Waals surface area contributed by atoms with Crippen LogP contribution in [0.1, 0.15) is 41.5 Å². The van der Waals surface area contributed by atoms with Crippen LogP contribution in [0.25, 0.3) is 11.0 Å². The van der Waals surface area contributed by atoms with E-state index in [1.807, 2.05) is 11.8 Å². The van der Waals surface area contributed by atoms with Crippen molar-refractivity contribution in [3.05, 3.63) is 63.3 Å². The number of H-pyrrole nitrogens is 1. The van der Waals surface area contributed by atoms with E-state index < -0.39 is 23.2 Å². The molecule has 1 aromatic carbocycles. The van der Waals surface area contributed by atoms with Gasteiger partial charge in [0.2, 0.25) is 0 Å². The number of rotatable bonds is 6. The number of ether oxygens (including phenoxy) is 1. The Morgan fingerprint density at radius 3 is 2.73 bits per heavy atom. The van der Waals surface area contributed by atoms with Crippen LogP contribution in [0.4, 0.5) is 8.78 Å². The highest BCUT2D eigenvalue weighted by atomic mass is 19.1. The number of halogens is 2. The second kappa shape index (κ2) is 8.18. The Morgan fingerprint density at radius 2 is 2.03 bits per heavy atom. The van der Waals surface area contributed by atoms with E-state index in [-0.39, 0.29) is 40.8 Å². The van der Waals surface area contributed by atoms with Gasteiger partial charge in [-0.25, -0.2) is 14.4 Å². The Balaban J connectivity index is 1.23. The summed E-state index contributed by atoms with van der Waals surface area (Å²) in [4.78, 5) is 36.2. The van der Waals surface area contributed by atoms with E-state index in [1.54, 1.807) is 19.1 Å². The predicted molar refractivity (Wildman–Crippen MR) is 116 cm³/mol. The lowest BCUT2D eigenvalue weighted by Gasteiger charge is -2.45. The fourth-order valence-electron chi connectivity index (χ4n) is 3.87. The van der Waals surface area contributed by atoms with Crippen molar-refractivity contribution in [3.8, 4) is 5.75 Å². The average molecular weight is 455 g/mol. The van der Waals surface area contributed by atoms with Gasteiger partial charge >= 0.3 is 0 Å². The molecule has 1 aliphatic heterocycles. The van der Waals surface area contributed by atoms with E-state index in [0.717, 1.165) is 12.8 Å². The SMILES string of the molecule is Cc1nc2ccc(CN3CC(Oc4ccc(C(=O)NC5CC5)nc4F)C3C)c(F)c2[nH]c1=O. The van der Waals surface area contributed by atoms with E-state index in [4.69, 9.17) is 4.74 Å². The Labute approximate surface area is 188 Å². The summed E-state index contributed by atoms with van der Waals surface area (Å²) >= 11 is 0. The van der Waals surface area contributed by atoms with Crippen molar-refractivity contribution >= 4 is 16.9 Å². The molecule has 33 heavy (non-hydrogen) atoms. The summed E-state index contributed by atoms with van der Waals surface area (Å²) in [6, 6.07) is 6.24. The van der Waals surface area contributed by atoms with E-state index >= 15 is 0 Å². The summed E-state index contributed by atoms with van der Waals surface area (Å²) in [5, 5.41) is 2.77. The number of carbonyl (C=O) groups is 1. The lowest BCUT2D eigenvalue weighted by atomic mass is 9.99. The molecule has 172 valence electrons. The zero-order chi connectivity index (χ0) is 23.3. The smallest absolute Gasteiger partial charge is 0.270 e. The van der Waals surface area contributed by atoms with Gasteiger partial charge in [0, 0.05) is 30.7 Å². The number of pyridine rings is 1. The molecular formula is C23H23F2N5O3. The van der Waals surface area contributed by atoms with E-state index in [1.165, 1.54) is 12.1 Å². The van der Waals surface area contributed by atoms with Crippen LogP contribution in [0.15, 0.2) is 29.1 Å². The zero-order valence-electron chi connectivity index (χ0n) is 18.2. The second-order valence-corrected chi connectivity index (χ2v) is 8.64. The molecule has 2 aliphatic rings. The van der Waals surface area contributed by atoms with Crippen molar-refractivity contribution in [2.45, 2.75) is 51.4 Å². The molecule has 2 aromatic heterocycles. The fourth-order valence-corrected chi connectivity index (χ4v) is 3.87. The molecule has 2 fully saturated rings. The molecular weight excluding hydrogens is 432 g/mol. The first-order valence-corrected chi connectivity index (χ1v) is 10.9. The number of aromatic amines is 1. The number of aromatic nitrogens is 3.